The molecule has 2 rings (SSSR count). The molecule has 0 saturated carbocycles. The van der Waals surface area contributed by atoms with Gasteiger partial charge in [-0.2, -0.15) is 0 Å². The number of likely N-dealkylation sites (tertiary alicyclic amines) is 1. The third kappa shape index (κ3) is 2.67. The molecule has 1 aromatic heterocycles. The van der Waals surface area contributed by atoms with E-state index in [9.17, 15) is 4.79 Å². The van der Waals surface area contributed by atoms with E-state index in [0.29, 0.717) is 10.8 Å². The van der Waals surface area contributed by atoms with Crippen molar-refractivity contribution in [2.24, 2.45) is 0 Å². The Hall–Kier alpha value is -0.680. The van der Waals surface area contributed by atoms with Crippen LogP contribution in [0.5, 0.6) is 0 Å². The summed E-state index contributed by atoms with van der Waals surface area (Å²) in [6.07, 6.45) is 3.21. The van der Waals surface area contributed by atoms with Crippen molar-refractivity contribution in [3.05, 3.63) is 10.6 Å². The molecule has 0 aliphatic carbocycles. The Bertz CT molecular complexity index is 421. The lowest BCUT2D eigenvalue weighted by Gasteiger charge is -2.34. The van der Waals surface area contributed by atoms with Crippen LogP contribution in [0.25, 0.3) is 0 Å². The number of alkyl halides is 1. The molecular formula is C12H18ClN3OS. The molecular weight excluding hydrogens is 270 g/mol. The molecule has 1 aromatic rings. The number of hydrogen-bond acceptors (Lipinski definition) is 4. The summed E-state index contributed by atoms with van der Waals surface area (Å²) in [4.78, 5) is 15.1. The highest BCUT2D eigenvalue weighted by molar-refractivity contribution is 7.08. The van der Waals surface area contributed by atoms with E-state index in [1.54, 1.807) is 0 Å². The largest absolute Gasteiger partial charge is 0.334 e. The quantitative estimate of drug-likeness (QED) is 0.803. The molecule has 0 N–H and O–H groups in total. The second-order valence-corrected chi connectivity index (χ2v) is 6.01. The Morgan fingerprint density at radius 3 is 3.00 bits per heavy atom. The van der Waals surface area contributed by atoms with E-state index in [2.05, 4.69) is 9.59 Å². The lowest BCUT2D eigenvalue weighted by atomic mass is 10.0. The highest BCUT2D eigenvalue weighted by atomic mass is 35.5. The number of nitrogens with zero attached hydrogens (tertiary/aromatic N) is 3. The van der Waals surface area contributed by atoms with E-state index in [0.717, 1.165) is 31.5 Å². The van der Waals surface area contributed by atoms with Crippen LogP contribution in [0, 0.1) is 0 Å². The number of carbonyl (C=O) groups is 1. The van der Waals surface area contributed by atoms with Crippen LogP contribution in [0.1, 0.15) is 54.4 Å². The third-order valence-electron chi connectivity index (χ3n) is 3.32. The van der Waals surface area contributed by atoms with Crippen LogP contribution in [-0.2, 0) is 0 Å². The van der Waals surface area contributed by atoms with E-state index >= 15 is 0 Å². The third-order valence-corrected chi connectivity index (χ3v) is 4.41. The van der Waals surface area contributed by atoms with Gasteiger partial charge in [-0.3, -0.25) is 4.79 Å². The standard InChI is InChI=1S/C12H18ClN3OS/c1-8(2)10-11(18-15-14-10)12(17)16-6-4-3-5-9(16)7-13/h8-9H,3-7H2,1-2H3. The van der Waals surface area contributed by atoms with Crippen LogP contribution >= 0.6 is 23.1 Å². The fraction of sp³-hybridized carbons (Fsp3) is 0.750. The highest BCUT2D eigenvalue weighted by Gasteiger charge is 2.30. The van der Waals surface area contributed by atoms with Crippen molar-refractivity contribution >= 4 is 29.0 Å². The van der Waals surface area contributed by atoms with Crippen LogP contribution in [0.15, 0.2) is 0 Å². The summed E-state index contributed by atoms with van der Waals surface area (Å²) in [5.74, 6) is 0.788. The molecule has 6 heteroatoms. The Morgan fingerprint density at radius 1 is 1.56 bits per heavy atom. The van der Waals surface area contributed by atoms with Gasteiger partial charge in [0.1, 0.15) is 4.88 Å². The van der Waals surface area contributed by atoms with Gasteiger partial charge in [0.2, 0.25) is 0 Å². The molecule has 1 amide bonds. The first-order valence-corrected chi connectivity index (χ1v) is 7.65. The number of carbonyl (C=O) groups excluding carboxylic acids is 1. The number of aromatic nitrogens is 2. The zero-order valence-electron chi connectivity index (χ0n) is 10.7. The van der Waals surface area contributed by atoms with Crippen molar-refractivity contribution in [2.45, 2.75) is 45.1 Å². The zero-order valence-corrected chi connectivity index (χ0v) is 12.3. The maximum Gasteiger partial charge on any atom is 0.267 e. The van der Waals surface area contributed by atoms with Crippen LogP contribution in [0.3, 0.4) is 0 Å². The van der Waals surface area contributed by atoms with Crippen LogP contribution < -0.4 is 0 Å². The number of amides is 1. The van der Waals surface area contributed by atoms with E-state index in [4.69, 9.17) is 11.6 Å². The van der Waals surface area contributed by atoms with Crippen molar-refractivity contribution in [3.63, 3.8) is 0 Å². The summed E-state index contributed by atoms with van der Waals surface area (Å²) >= 11 is 7.16. The number of hydrogen-bond donors (Lipinski definition) is 0. The zero-order chi connectivity index (χ0) is 13.1. The first-order valence-electron chi connectivity index (χ1n) is 6.34. The van der Waals surface area contributed by atoms with Gasteiger partial charge < -0.3 is 4.90 Å². The second-order valence-electron chi connectivity index (χ2n) is 4.94. The molecule has 1 saturated heterocycles. The molecule has 0 spiro atoms. The van der Waals surface area contributed by atoms with Crippen molar-refractivity contribution in [1.82, 2.24) is 14.5 Å². The van der Waals surface area contributed by atoms with Crippen molar-refractivity contribution < 1.29 is 4.79 Å². The van der Waals surface area contributed by atoms with Gasteiger partial charge in [-0.1, -0.05) is 18.3 Å². The van der Waals surface area contributed by atoms with E-state index < -0.39 is 0 Å². The molecule has 1 aliphatic heterocycles. The van der Waals surface area contributed by atoms with Crippen molar-refractivity contribution in [2.75, 3.05) is 12.4 Å². The lowest BCUT2D eigenvalue weighted by molar-refractivity contribution is 0.0642. The minimum absolute atomic E-state index is 0.0547. The molecule has 1 atom stereocenters. The van der Waals surface area contributed by atoms with Crippen LogP contribution in [-0.4, -0.2) is 38.9 Å². The van der Waals surface area contributed by atoms with Gasteiger partial charge in [-0.25, -0.2) is 0 Å². The maximum atomic E-state index is 12.6. The molecule has 100 valence electrons. The maximum absolute atomic E-state index is 12.6. The van der Waals surface area contributed by atoms with Gasteiger partial charge in [-0.15, -0.1) is 16.7 Å². The van der Waals surface area contributed by atoms with Gasteiger partial charge in [0.25, 0.3) is 5.91 Å². The summed E-state index contributed by atoms with van der Waals surface area (Å²) in [5.41, 5.74) is 0.809. The Labute approximate surface area is 116 Å². The lowest BCUT2D eigenvalue weighted by Crippen LogP contribution is -2.44. The molecule has 0 radical (unpaired) electrons. The molecule has 0 bridgehead atoms. The Morgan fingerprint density at radius 2 is 2.33 bits per heavy atom. The monoisotopic (exact) mass is 287 g/mol. The smallest absolute Gasteiger partial charge is 0.267 e. The fourth-order valence-electron chi connectivity index (χ4n) is 2.28. The summed E-state index contributed by atoms with van der Waals surface area (Å²) in [6.45, 7) is 4.86. The average molecular weight is 288 g/mol. The molecule has 1 aliphatic rings. The predicted molar refractivity (Wildman–Crippen MR) is 73.4 cm³/mol. The predicted octanol–water partition coefficient (Wildman–Crippen LogP) is 2.90. The molecule has 0 aromatic carbocycles. The SMILES string of the molecule is CC(C)c1nnsc1C(=O)N1CCCCC1CCl. The summed E-state index contributed by atoms with van der Waals surface area (Å²) < 4.78 is 3.92. The molecule has 1 unspecified atom stereocenters. The van der Waals surface area contributed by atoms with Gasteiger partial charge in [0.15, 0.2) is 0 Å². The number of rotatable bonds is 3. The van der Waals surface area contributed by atoms with Gasteiger partial charge in [-0.05, 0) is 36.7 Å². The van der Waals surface area contributed by atoms with Gasteiger partial charge in [0, 0.05) is 18.5 Å². The van der Waals surface area contributed by atoms with Crippen LogP contribution in [0.4, 0.5) is 0 Å². The highest BCUT2D eigenvalue weighted by Crippen LogP contribution is 2.25. The Balaban J connectivity index is 2.21. The van der Waals surface area contributed by atoms with E-state index in [1.807, 2.05) is 18.7 Å². The molecule has 1 fully saturated rings. The topological polar surface area (TPSA) is 46.1 Å². The first kappa shape index (κ1) is 13.7. The fourth-order valence-corrected chi connectivity index (χ4v) is 3.38. The van der Waals surface area contributed by atoms with Gasteiger partial charge >= 0.3 is 0 Å². The summed E-state index contributed by atoms with van der Waals surface area (Å²) in [7, 11) is 0. The van der Waals surface area contributed by atoms with E-state index in [-0.39, 0.29) is 17.9 Å². The minimum Gasteiger partial charge on any atom is -0.334 e. The van der Waals surface area contributed by atoms with Crippen LogP contribution in [0.2, 0.25) is 0 Å². The normalized spacial score (nSPS) is 20.4. The van der Waals surface area contributed by atoms with Gasteiger partial charge in [0.05, 0.1) is 5.69 Å². The summed E-state index contributed by atoms with van der Waals surface area (Å²) in [6, 6.07) is 0.162. The molecule has 18 heavy (non-hydrogen) atoms. The number of piperidine rings is 1. The minimum atomic E-state index is 0.0547. The second kappa shape index (κ2) is 5.97. The van der Waals surface area contributed by atoms with Crippen molar-refractivity contribution in [3.8, 4) is 0 Å². The molecule has 2 heterocycles. The Kier molecular flexibility index (Phi) is 4.56. The van der Waals surface area contributed by atoms with Crippen molar-refractivity contribution in [1.29, 1.82) is 0 Å². The first-order chi connectivity index (χ1) is 8.65. The summed E-state index contributed by atoms with van der Waals surface area (Å²) in [5, 5.41) is 4.07. The average Bonchev–Trinajstić information content (AvgIpc) is 2.87. The van der Waals surface area contributed by atoms with E-state index in [1.165, 1.54) is 11.5 Å². The molecule has 4 nitrogen and oxygen atoms in total. The number of halogens is 1.